The molecule has 0 unspecified atom stereocenters. The Balaban J connectivity index is 1.74. The predicted octanol–water partition coefficient (Wildman–Crippen LogP) is 3.44. The number of amides is 1. The first kappa shape index (κ1) is 18.7. The van der Waals surface area contributed by atoms with E-state index in [-0.39, 0.29) is 5.91 Å². The standard InChI is InChI=1S/C21H23N3O3/c1-24(2)10-11-27-18-6-7-19(20(13-18)26-3)23-21(25)16-4-5-17-14-22-9-8-15(17)12-16/h4-9,12-14H,10-11H2,1-3H3,(H,23,25). The van der Waals surface area contributed by atoms with Gasteiger partial charge in [0.25, 0.3) is 5.91 Å². The SMILES string of the molecule is COc1cc(OCCN(C)C)ccc1NC(=O)c1ccc2cnccc2c1. The highest BCUT2D eigenvalue weighted by Crippen LogP contribution is 2.29. The van der Waals surface area contributed by atoms with Crippen LogP contribution >= 0.6 is 0 Å². The largest absolute Gasteiger partial charge is 0.494 e. The van der Waals surface area contributed by atoms with Crippen molar-refractivity contribution in [2.24, 2.45) is 0 Å². The third kappa shape index (κ3) is 4.74. The first-order valence-corrected chi connectivity index (χ1v) is 8.67. The van der Waals surface area contributed by atoms with E-state index in [9.17, 15) is 4.79 Å². The van der Waals surface area contributed by atoms with Gasteiger partial charge in [0.05, 0.1) is 12.8 Å². The lowest BCUT2D eigenvalue weighted by molar-refractivity contribution is 0.102. The Labute approximate surface area is 158 Å². The molecular weight excluding hydrogens is 342 g/mol. The van der Waals surface area contributed by atoms with E-state index in [1.165, 1.54) is 0 Å². The lowest BCUT2D eigenvalue weighted by Gasteiger charge is -2.14. The molecule has 0 radical (unpaired) electrons. The molecule has 140 valence electrons. The molecule has 27 heavy (non-hydrogen) atoms. The summed E-state index contributed by atoms with van der Waals surface area (Å²) in [4.78, 5) is 18.8. The van der Waals surface area contributed by atoms with Crippen LogP contribution in [0.3, 0.4) is 0 Å². The number of benzene rings is 2. The van der Waals surface area contributed by atoms with Gasteiger partial charge in [0.15, 0.2) is 0 Å². The zero-order valence-electron chi connectivity index (χ0n) is 15.7. The molecule has 0 aliphatic carbocycles. The summed E-state index contributed by atoms with van der Waals surface area (Å²) >= 11 is 0. The number of fused-ring (bicyclic) bond motifs is 1. The van der Waals surface area contributed by atoms with E-state index < -0.39 is 0 Å². The molecule has 3 rings (SSSR count). The molecule has 1 heterocycles. The number of nitrogens with one attached hydrogen (secondary N) is 1. The van der Waals surface area contributed by atoms with Crippen molar-refractivity contribution >= 4 is 22.4 Å². The minimum atomic E-state index is -0.201. The maximum Gasteiger partial charge on any atom is 0.255 e. The van der Waals surface area contributed by atoms with Gasteiger partial charge in [-0.05, 0) is 49.8 Å². The van der Waals surface area contributed by atoms with Crippen LogP contribution in [0.25, 0.3) is 10.8 Å². The van der Waals surface area contributed by atoms with Gasteiger partial charge >= 0.3 is 0 Å². The molecule has 0 fully saturated rings. The van der Waals surface area contributed by atoms with E-state index in [1.54, 1.807) is 37.7 Å². The van der Waals surface area contributed by atoms with Gasteiger partial charge in [-0.1, -0.05) is 6.07 Å². The van der Waals surface area contributed by atoms with E-state index in [4.69, 9.17) is 9.47 Å². The number of carbonyl (C=O) groups is 1. The fourth-order valence-corrected chi connectivity index (χ4v) is 2.63. The third-order valence-corrected chi connectivity index (χ3v) is 4.13. The normalized spacial score (nSPS) is 10.8. The van der Waals surface area contributed by atoms with Crippen molar-refractivity contribution in [3.8, 4) is 11.5 Å². The van der Waals surface area contributed by atoms with Gasteiger partial charge in [0.1, 0.15) is 18.1 Å². The molecule has 6 nitrogen and oxygen atoms in total. The minimum Gasteiger partial charge on any atom is -0.494 e. The summed E-state index contributed by atoms with van der Waals surface area (Å²) in [6, 6.07) is 12.8. The lowest BCUT2D eigenvalue weighted by Crippen LogP contribution is -2.19. The molecule has 0 aliphatic heterocycles. The maximum absolute atomic E-state index is 12.6. The number of hydrogen-bond acceptors (Lipinski definition) is 5. The van der Waals surface area contributed by atoms with Gasteiger partial charge in [-0.3, -0.25) is 9.78 Å². The molecule has 0 saturated carbocycles. The summed E-state index contributed by atoms with van der Waals surface area (Å²) in [5.74, 6) is 1.05. The molecule has 0 atom stereocenters. The summed E-state index contributed by atoms with van der Waals surface area (Å²) in [6.07, 6.45) is 3.48. The number of nitrogens with zero attached hydrogens (tertiary/aromatic N) is 2. The van der Waals surface area contributed by atoms with E-state index in [0.29, 0.717) is 29.4 Å². The molecule has 0 spiro atoms. The number of aromatic nitrogens is 1. The number of anilines is 1. The molecule has 1 amide bonds. The van der Waals surface area contributed by atoms with E-state index in [0.717, 1.165) is 17.3 Å². The Morgan fingerprint density at radius 2 is 1.96 bits per heavy atom. The molecule has 3 aromatic rings. The van der Waals surface area contributed by atoms with Crippen molar-refractivity contribution in [1.29, 1.82) is 0 Å². The number of methoxy groups -OCH3 is 1. The average Bonchev–Trinajstić information content (AvgIpc) is 2.68. The average molecular weight is 365 g/mol. The topological polar surface area (TPSA) is 63.7 Å². The van der Waals surface area contributed by atoms with Crippen LogP contribution in [0.15, 0.2) is 54.9 Å². The Bertz CT molecular complexity index is 941. The van der Waals surface area contributed by atoms with Crippen LogP contribution in [0, 0.1) is 0 Å². The predicted molar refractivity (Wildman–Crippen MR) is 107 cm³/mol. The Morgan fingerprint density at radius 1 is 1.11 bits per heavy atom. The van der Waals surface area contributed by atoms with Crippen LogP contribution in [0.5, 0.6) is 11.5 Å². The summed E-state index contributed by atoms with van der Waals surface area (Å²) in [6.45, 7) is 1.39. The fraction of sp³-hybridized carbons (Fsp3) is 0.238. The molecular formula is C21H23N3O3. The number of carbonyl (C=O) groups excluding carboxylic acids is 1. The fourth-order valence-electron chi connectivity index (χ4n) is 2.63. The first-order valence-electron chi connectivity index (χ1n) is 8.67. The van der Waals surface area contributed by atoms with Crippen LogP contribution in [-0.2, 0) is 0 Å². The molecule has 0 aliphatic rings. The Kier molecular flexibility index (Phi) is 5.88. The van der Waals surface area contributed by atoms with Crippen LogP contribution < -0.4 is 14.8 Å². The van der Waals surface area contributed by atoms with E-state index >= 15 is 0 Å². The molecule has 0 bridgehead atoms. The van der Waals surface area contributed by atoms with Crippen LogP contribution in [0.2, 0.25) is 0 Å². The van der Waals surface area contributed by atoms with Gasteiger partial charge in [-0.25, -0.2) is 0 Å². The highest BCUT2D eigenvalue weighted by molar-refractivity contribution is 6.07. The van der Waals surface area contributed by atoms with Crippen molar-refractivity contribution in [3.05, 3.63) is 60.4 Å². The van der Waals surface area contributed by atoms with E-state index in [1.807, 2.05) is 43.3 Å². The van der Waals surface area contributed by atoms with Gasteiger partial charge in [0.2, 0.25) is 0 Å². The van der Waals surface area contributed by atoms with Gasteiger partial charge in [-0.2, -0.15) is 0 Å². The second-order valence-corrected chi connectivity index (χ2v) is 6.41. The number of hydrogen-bond donors (Lipinski definition) is 1. The van der Waals surface area contributed by atoms with Gasteiger partial charge in [0, 0.05) is 36.0 Å². The van der Waals surface area contributed by atoms with Crippen LogP contribution in [0.4, 0.5) is 5.69 Å². The molecule has 0 saturated heterocycles. The summed E-state index contributed by atoms with van der Waals surface area (Å²) in [5.41, 5.74) is 1.17. The molecule has 6 heteroatoms. The molecule has 1 aromatic heterocycles. The van der Waals surface area contributed by atoms with Crippen LogP contribution in [-0.4, -0.2) is 50.1 Å². The summed E-state index contributed by atoms with van der Waals surface area (Å²) < 4.78 is 11.1. The van der Waals surface area contributed by atoms with E-state index in [2.05, 4.69) is 10.3 Å². The monoisotopic (exact) mass is 365 g/mol. The molecule has 2 aromatic carbocycles. The second-order valence-electron chi connectivity index (χ2n) is 6.41. The number of rotatable bonds is 7. The van der Waals surface area contributed by atoms with Crippen molar-refractivity contribution in [1.82, 2.24) is 9.88 Å². The smallest absolute Gasteiger partial charge is 0.255 e. The summed E-state index contributed by atoms with van der Waals surface area (Å²) in [7, 11) is 5.55. The zero-order valence-corrected chi connectivity index (χ0v) is 15.7. The Morgan fingerprint density at radius 3 is 2.74 bits per heavy atom. The van der Waals surface area contributed by atoms with Crippen LogP contribution in [0.1, 0.15) is 10.4 Å². The van der Waals surface area contributed by atoms with Gasteiger partial charge < -0.3 is 19.7 Å². The quantitative estimate of drug-likeness (QED) is 0.695. The maximum atomic E-state index is 12.6. The summed E-state index contributed by atoms with van der Waals surface area (Å²) in [5, 5.41) is 4.86. The minimum absolute atomic E-state index is 0.201. The van der Waals surface area contributed by atoms with Crippen molar-refractivity contribution < 1.29 is 14.3 Å². The number of pyridine rings is 1. The van der Waals surface area contributed by atoms with Gasteiger partial charge in [-0.15, -0.1) is 0 Å². The second kappa shape index (κ2) is 8.51. The first-order chi connectivity index (χ1) is 13.1. The third-order valence-electron chi connectivity index (χ3n) is 4.13. The highest BCUT2D eigenvalue weighted by Gasteiger charge is 2.11. The number of ether oxygens (including phenoxy) is 2. The lowest BCUT2D eigenvalue weighted by atomic mass is 10.1. The highest BCUT2D eigenvalue weighted by atomic mass is 16.5. The van der Waals surface area contributed by atoms with Crippen molar-refractivity contribution in [3.63, 3.8) is 0 Å². The van der Waals surface area contributed by atoms with Crippen molar-refractivity contribution in [2.75, 3.05) is 39.7 Å². The zero-order chi connectivity index (χ0) is 19.2. The Hall–Kier alpha value is -3.12. The number of likely N-dealkylation sites (N-methyl/N-ethyl adjacent to an activating group) is 1. The molecule has 1 N–H and O–H groups in total. The van der Waals surface area contributed by atoms with Crippen molar-refractivity contribution in [2.45, 2.75) is 0 Å².